The van der Waals surface area contributed by atoms with Crippen molar-refractivity contribution in [2.24, 2.45) is 0 Å². The molecule has 5 heteroatoms. The summed E-state index contributed by atoms with van der Waals surface area (Å²) in [7, 11) is 2.19. The lowest BCUT2D eigenvalue weighted by molar-refractivity contribution is -0.136. The van der Waals surface area contributed by atoms with Crippen LogP contribution in [0.25, 0.3) is 0 Å². The van der Waals surface area contributed by atoms with E-state index in [1.54, 1.807) is 10.9 Å². The molecule has 2 saturated heterocycles. The summed E-state index contributed by atoms with van der Waals surface area (Å²) in [4.78, 5) is 17.3. The second-order valence-electron chi connectivity index (χ2n) is 6.09. The number of hydrogen-bond donors (Lipinski definition) is 0. The molecule has 1 aromatic heterocycles. The molecule has 0 unspecified atom stereocenters. The van der Waals surface area contributed by atoms with Gasteiger partial charge in [-0.25, -0.2) is 0 Å². The molecule has 0 bridgehead atoms. The van der Waals surface area contributed by atoms with Crippen molar-refractivity contribution in [1.82, 2.24) is 19.6 Å². The molecule has 5 nitrogen and oxygen atoms in total. The van der Waals surface area contributed by atoms with Gasteiger partial charge in [-0.1, -0.05) is 0 Å². The Labute approximate surface area is 120 Å². The highest BCUT2D eigenvalue weighted by molar-refractivity contribution is 5.80. The fourth-order valence-corrected chi connectivity index (χ4v) is 3.75. The van der Waals surface area contributed by atoms with Crippen LogP contribution in [0.4, 0.5) is 0 Å². The van der Waals surface area contributed by atoms with Crippen LogP contribution in [0.5, 0.6) is 0 Å². The zero-order valence-corrected chi connectivity index (χ0v) is 12.4. The summed E-state index contributed by atoms with van der Waals surface area (Å²) < 4.78 is 1.76. The predicted octanol–water partition coefficient (Wildman–Crippen LogP) is 1.53. The number of hydrogen-bond acceptors (Lipinski definition) is 3. The van der Waals surface area contributed by atoms with Gasteiger partial charge in [-0.15, -0.1) is 0 Å². The first-order valence-corrected chi connectivity index (χ1v) is 7.68. The minimum atomic E-state index is -0.197. The van der Waals surface area contributed by atoms with Crippen molar-refractivity contribution < 1.29 is 4.79 Å². The van der Waals surface area contributed by atoms with Gasteiger partial charge >= 0.3 is 0 Å². The quantitative estimate of drug-likeness (QED) is 0.840. The molecule has 110 valence electrons. The average Bonchev–Trinajstić information content (AvgIpc) is 3.17. The highest BCUT2D eigenvalue weighted by Gasteiger charge is 2.39. The van der Waals surface area contributed by atoms with Crippen LogP contribution in [0.15, 0.2) is 18.5 Å². The molecule has 0 aromatic carbocycles. The molecule has 1 aromatic rings. The SMILES string of the molecule is C[C@H](C(=O)N1CCC[C@@H]1[C@H]1CCCN1C)n1cccn1. The largest absolute Gasteiger partial charge is 0.336 e. The fourth-order valence-electron chi connectivity index (χ4n) is 3.75. The second kappa shape index (κ2) is 5.56. The number of carbonyl (C=O) groups is 1. The minimum Gasteiger partial charge on any atom is -0.336 e. The van der Waals surface area contributed by atoms with Crippen LogP contribution in [-0.4, -0.2) is 57.7 Å². The lowest BCUT2D eigenvalue weighted by atomic mass is 10.0. The van der Waals surface area contributed by atoms with Crippen molar-refractivity contribution in [3.05, 3.63) is 18.5 Å². The number of likely N-dealkylation sites (N-methyl/N-ethyl adjacent to an activating group) is 1. The molecule has 0 radical (unpaired) electrons. The molecule has 0 saturated carbocycles. The normalized spacial score (nSPS) is 29.0. The average molecular weight is 276 g/mol. The molecule has 2 aliphatic heterocycles. The first-order valence-electron chi connectivity index (χ1n) is 7.68. The van der Waals surface area contributed by atoms with Crippen molar-refractivity contribution in [3.8, 4) is 0 Å². The third kappa shape index (κ3) is 2.35. The Bertz CT molecular complexity index is 458. The first kappa shape index (κ1) is 13.6. The maximum absolute atomic E-state index is 12.8. The van der Waals surface area contributed by atoms with E-state index < -0.39 is 0 Å². The van der Waals surface area contributed by atoms with Crippen LogP contribution >= 0.6 is 0 Å². The Morgan fingerprint density at radius 1 is 1.25 bits per heavy atom. The standard InChI is InChI=1S/C15H24N4O/c1-12(19-11-5-8-16-19)15(20)18-10-4-7-14(18)13-6-3-9-17(13)2/h5,8,11-14H,3-4,6-7,9-10H2,1-2H3/t12-,13-,14-/m1/s1. The van der Waals surface area contributed by atoms with E-state index in [9.17, 15) is 4.79 Å². The van der Waals surface area contributed by atoms with Gasteiger partial charge in [0.1, 0.15) is 6.04 Å². The maximum Gasteiger partial charge on any atom is 0.247 e. The number of nitrogens with zero attached hydrogens (tertiary/aromatic N) is 4. The lowest BCUT2D eigenvalue weighted by Crippen LogP contribution is -2.48. The first-order chi connectivity index (χ1) is 9.68. The molecule has 0 aliphatic carbocycles. The van der Waals surface area contributed by atoms with E-state index in [-0.39, 0.29) is 11.9 Å². The van der Waals surface area contributed by atoms with E-state index in [2.05, 4.69) is 21.9 Å². The number of aromatic nitrogens is 2. The topological polar surface area (TPSA) is 41.4 Å². The molecule has 3 heterocycles. The van der Waals surface area contributed by atoms with Crippen molar-refractivity contribution >= 4 is 5.91 Å². The van der Waals surface area contributed by atoms with Gasteiger partial charge < -0.3 is 9.80 Å². The summed E-state index contributed by atoms with van der Waals surface area (Å²) in [5.74, 6) is 0.219. The number of rotatable bonds is 3. The molecule has 0 N–H and O–H groups in total. The van der Waals surface area contributed by atoms with Crippen molar-refractivity contribution in [2.75, 3.05) is 20.1 Å². The van der Waals surface area contributed by atoms with E-state index in [0.717, 1.165) is 25.9 Å². The van der Waals surface area contributed by atoms with Crippen LogP contribution in [0, 0.1) is 0 Å². The van der Waals surface area contributed by atoms with E-state index in [1.807, 2.05) is 19.2 Å². The summed E-state index contributed by atoms with van der Waals surface area (Å²) in [6.07, 6.45) is 8.36. The van der Waals surface area contributed by atoms with Gasteiger partial charge in [-0.05, 0) is 52.3 Å². The molecular formula is C15H24N4O. The predicted molar refractivity (Wildman–Crippen MR) is 77.3 cm³/mol. The summed E-state index contributed by atoms with van der Waals surface area (Å²) in [6.45, 7) is 4.01. The van der Waals surface area contributed by atoms with Crippen LogP contribution in [0.2, 0.25) is 0 Å². The zero-order valence-electron chi connectivity index (χ0n) is 12.4. The van der Waals surface area contributed by atoms with Gasteiger partial charge in [0, 0.05) is 31.0 Å². The minimum absolute atomic E-state index is 0.197. The summed E-state index contributed by atoms with van der Waals surface area (Å²) in [5, 5.41) is 4.20. The Morgan fingerprint density at radius 2 is 2.00 bits per heavy atom. The molecule has 20 heavy (non-hydrogen) atoms. The molecule has 0 spiro atoms. The van der Waals surface area contributed by atoms with Crippen molar-refractivity contribution in [3.63, 3.8) is 0 Å². The van der Waals surface area contributed by atoms with Crippen LogP contribution in [0.3, 0.4) is 0 Å². The number of likely N-dealkylation sites (tertiary alicyclic amines) is 2. The van der Waals surface area contributed by atoms with Gasteiger partial charge in [-0.3, -0.25) is 9.48 Å². The molecular weight excluding hydrogens is 252 g/mol. The summed E-state index contributed by atoms with van der Waals surface area (Å²) in [6, 6.07) is 2.62. The van der Waals surface area contributed by atoms with Crippen LogP contribution in [0.1, 0.15) is 38.6 Å². The third-order valence-corrected chi connectivity index (χ3v) is 4.88. The highest BCUT2D eigenvalue weighted by atomic mass is 16.2. The maximum atomic E-state index is 12.8. The fraction of sp³-hybridized carbons (Fsp3) is 0.733. The molecule has 2 aliphatic rings. The Balaban J connectivity index is 1.73. The second-order valence-corrected chi connectivity index (χ2v) is 6.09. The van der Waals surface area contributed by atoms with Gasteiger partial charge in [0.15, 0.2) is 0 Å². The van der Waals surface area contributed by atoms with Crippen molar-refractivity contribution in [1.29, 1.82) is 0 Å². The van der Waals surface area contributed by atoms with Crippen molar-refractivity contribution in [2.45, 2.75) is 50.7 Å². The van der Waals surface area contributed by atoms with E-state index in [4.69, 9.17) is 0 Å². The number of amides is 1. The highest BCUT2D eigenvalue weighted by Crippen LogP contribution is 2.30. The van der Waals surface area contributed by atoms with Gasteiger partial charge in [0.2, 0.25) is 5.91 Å². The lowest BCUT2D eigenvalue weighted by Gasteiger charge is -2.34. The van der Waals surface area contributed by atoms with Crippen LogP contribution in [-0.2, 0) is 4.79 Å². The molecule has 2 fully saturated rings. The molecule has 3 rings (SSSR count). The smallest absolute Gasteiger partial charge is 0.247 e. The van der Waals surface area contributed by atoms with E-state index in [0.29, 0.717) is 12.1 Å². The molecule has 1 amide bonds. The van der Waals surface area contributed by atoms with Gasteiger partial charge in [0.05, 0.1) is 0 Å². The van der Waals surface area contributed by atoms with Crippen LogP contribution < -0.4 is 0 Å². The van der Waals surface area contributed by atoms with Gasteiger partial charge in [0.25, 0.3) is 0 Å². The Morgan fingerprint density at radius 3 is 2.65 bits per heavy atom. The summed E-state index contributed by atoms with van der Waals surface area (Å²) >= 11 is 0. The third-order valence-electron chi connectivity index (χ3n) is 4.88. The van der Waals surface area contributed by atoms with E-state index >= 15 is 0 Å². The Hall–Kier alpha value is -1.36. The summed E-state index contributed by atoms with van der Waals surface area (Å²) in [5.41, 5.74) is 0. The Kier molecular flexibility index (Phi) is 3.78. The number of carbonyl (C=O) groups excluding carboxylic acids is 1. The monoisotopic (exact) mass is 276 g/mol. The zero-order chi connectivity index (χ0) is 14.1. The molecule has 3 atom stereocenters. The van der Waals surface area contributed by atoms with E-state index in [1.165, 1.54) is 12.8 Å². The van der Waals surface area contributed by atoms with Gasteiger partial charge in [-0.2, -0.15) is 5.10 Å².